The molecule has 0 spiro atoms. The van der Waals surface area contributed by atoms with E-state index < -0.39 is 10.0 Å². The second-order valence-corrected chi connectivity index (χ2v) is 5.08. The van der Waals surface area contributed by atoms with Crippen molar-refractivity contribution in [1.29, 1.82) is 0 Å². The Kier molecular flexibility index (Phi) is 4.62. The Bertz CT molecular complexity index is 482. The fourth-order valence-corrected chi connectivity index (χ4v) is 1.82. The van der Waals surface area contributed by atoms with E-state index in [0.717, 1.165) is 6.42 Å². The second kappa shape index (κ2) is 5.76. The fourth-order valence-electron chi connectivity index (χ4n) is 1.22. The molecule has 1 amide bonds. The van der Waals surface area contributed by atoms with Crippen molar-refractivity contribution in [2.75, 3.05) is 5.32 Å². The van der Waals surface area contributed by atoms with Gasteiger partial charge in [0.15, 0.2) is 0 Å². The summed E-state index contributed by atoms with van der Waals surface area (Å²) in [5, 5.41) is 11.0. The lowest BCUT2D eigenvalue weighted by Crippen LogP contribution is -2.19. The Balaban J connectivity index is 2.79. The lowest BCUT2D eigenvalue weighted by atomic mass is 10.3. The van der Waals surface area contributed by atoms with Crippen LogP contribution in [0.25, 0.3) is 0 Å². The molecule has 1 rings (SSSR count). The van der Waals surface area contributed by atoms with Crippen molar-refractivity contribution < 1.29 is 18.4 Å². The Labute approximate surface area is 99.7 Å². The van der Waals surface area contributed by atoms with Gasteiger partial charge in [-0.05, 0) is 30.7 Å². The molecular weight excluding hydrogens is 244 g/mol. The average Bonchev–Trinajstić information content (AvgIpc) is 2.30. The summed E-state index contributed by atoms with van der Waals surface area (Å²) in [6.07, 6.45) is 1.16. The predicted octanol–water partition coefficient (Wildman–Crippen LogP) is 1.09. The van der Waals surface area contributed by atoms with Crippen LogP contribution in [0.1, 0.15) is 19.8 Å². The maximum atomic E-state index is 11.3. The van der Waals surface area contributed by atoms with Crippen molar-refractivity contribution in [1.82, 2.24) is 4.89 Å². The summed E-state index contributed by atoms with van der Waals surface area (Å²) in [6.45, 7) is 1.89. The molecule has 0 bridgehead atoms. The molecule has 0 heterocycles. The Morgan fingerprint density at radius 3 is 2.35 bits per heavy atom. The van der Waals surface area contributed by atoms with Gasteiger partial charge in [-0.3, -0.25) is 4.79 Å². The van der Waals surface area contributed by atoms with E-state index in [9.17, 15) is 13.2 Å². The van der Waals surface area contributed by atoms with E-state index in [1.54, 1.807) is 0 Å². The molecule has 1 aromatic rings. The molecule has 0 saturated heterocycles. The molecule has 1 aromatic carbocycles. The number of benzene rings is 1. The molecule has 0 saturated carbocycles. The zero-order chi connectivity index (χ0) is 12.9. The molecule has 7 heteroatoms. The second-order valence-electron chi connectivity index (χ2n) is 3.42. The molecule has 0 fully saturated rings. The van der Waals surface area contributed by atoms with E-state index in [1.807, 2.05) is 6.92 Å². The number of hydrogen-bond donors (Lipinski definition) is 3. The zero-order valence-electron chi connectivity index (χ0n) is 9.30. The molecule has 3 N–H and O–H groups in total. The van der Waals surface area contributed by atoms with Crippen LogP contribution in [0.4, 0.5) is 5.69 Å². The van der Waals surface area contributed by atoms with Crippen LogP contribution in [0.2, 0.25) is 0 Å². The highest BCUT2D eigenvalue weighted by Gasteiger charge is 2.11. The van der Waals surface area contributed by atoms with Crippen LogP contribution in [0, 0.1) is 0 Å². The van der Waals surface area contributed by atoms with Gasteiger partial charge in [0, 0.05) is 12.1 Å². The summed E-state index contributed by atoms with van der Waals surface area (Å²) in [6, 6.07) is 5.50. The molecule has 0 radical (unpaired) electrons. The molecule has 0 aliphatic carbocycles. The van der Waals surface area contributed by atoms with Gasteiger partial charge >= 0.3 is 0 Å². The normalized spacial score (nSPS) is 11.2. The quantitative estimate of drug-likeness (QED) is 0.689. The number of amides is 1. The summed E-state index contributed by atoms with van der Waals surface area (Å²) < 4.78 is 22.4. The highest BCUT2D eigenvalue weighted by atomic mass is 32.2. The van der Waals surface area contributed by atoms with E-state index in [-0.39, 0.29) is 10.8 Å². The van der Waals surface area contributed by atoms with Gasteiger partial charge in [0.05, 0.1) is 4.90 Å². The molecule has 6 nitrogen and oxygen atoms in total. The first-order valence-electron chi connectivity index (χ1n) is 5.05. The first kappa shape index (κ1) is 13.6. The minimum absolute atomic E-state index is 0.0755. The molecule has 0 aliphatic rings. The summed E-state index contributed by atoms with van der Waals surface area (Å²) in [5.74, 6) is -0.122. The number of carbonyl (C=O) groups is 1. The van der Waals surface area contributed by atoms with E-state index in [2.05, 4.69) is 5.32 Å². The lowest BCUT2D eigenvalue weighted by Gasteiger charge is -2.05. The monoisotopic (exact) mass is 258 g/mol. The van der Waals surface area contributed by atoms with Crippen molar-refractivity contribution in [3.63, 3.8) is 0 Å². The molecule has 0 aliphatic heterocycles. The third-order valence-electron chi connectivity index (χ3n) is 2.05. The number of anilines is 1. The van der Waals surface area contributed by atoms with Gasteiger partial charge in [-0.1, -0.05) is 11.8 Å². The van der Waals surface area contributed by atoms with Gasteiger partial charge < -0.3 is 10.5 Å². The smallest absolute Gasteiger partial charge is 0.262 e. The van der Waals surface area contributed by atoms with Crippen LogP contribution in [0.5, 0.6) is 0 Å². The maximum Gasteiger partial charge on any atom is 0.262 e. The van der Waals surface area contributed by atoms with E-state index in [1.165, 1.54) is 29.2 Å². The van der Waals surface area contributed by atoms with Crippen LogP contribution in [0.3, 0.4) is 0 Å². The molecule has 0 atom stereocenters. The van der Waals surface area contributed by atoms with Crippen LogP contribution in [0.15, 0.2) is 29.2 Å². The first-order valence-corrected chi connectivity index (χ1v) is 6.53. The number of rotatable bonds is 5. The summed E-state index contributed by atoms with van der Waals surface area (Å²) in [7, 11) is -3.86. The van der Waals surface area contributed by atoms with Gasteiger partial charge in [-0.2, -0.15) is 0 Å². The number of sulfonamides is 1. The SMILES string of the molecule is CCCC(=O)Nc1ccc(S(=O)(=O)NO)cc1. The topological polar surface area (TPSA) is 95.5 Å². The largest absolute Gasteiger partial charge is 0.326 e. The Hall–Kier alpha value is -1.44. The van der Waals surface area contributed by atoms with Gasteiger partial charge in [-0.25, -0.2) is 8.42 Å². The highest BCUT2D eigenvalue weighted by Crippen LogP contribution is 2.13. The molecule has 17 heavy (non-hydrogen) atoms. The predicted molar refractivity (Wildman–Crippen MR) is 62.1 cm³/mol. The van der Waals surface area contributed by atoms with E-state index in [0.29, 0.717) is 12.1 Å². The van der Waals surface area contributed by atoms with Gasteiger partial charge in [-0.15, -0.1) is 0 Å². The summed E-state index contributed by atoms with van der Waals surface area (Å²) in [4.78, 5) is 12.4. The summed E-state index contributed by atoms with van der Waals surface area (Å²) >= 11 is 0. The molecular formula is C10H14N2O4S. The van der Waals surface area contributed by atoms with Crippen LogP contribution in [-0.4, -0.2) is 19.5 Å². The molecule has 0 aromatic heterocycles. The van der Waals surface area contributed by atoms with Gasteiger partial charge in [0.25, 0.3) is 10.0 Å². The van der Waals surface area contributed by atoms with Crippen molar-refractivity contribution in [2.24, 2.45) is 0 Å². The fraction of sp³-hybridized carbons (Fsp3) is 0.300. The van der Waals surface area contributed by atoms with Crippen LogP contribution < -0.4 is 10.2 Å². The van der Waals surface area contributed by atoms with Crippen molar-refractivity contribution in [2.45, 2.75) is 24.7 Å². The van der Waals surface area contributed by atoms with Crippen molar-refractivity contribution in [3.8, 4) is 0 Å². The van der Waals surface area contributed by atoms with E-state index in [4.69, 9.17) is 5.21 Å². The zero-order valence-corrected chi connectivity index (χ0v) is 10.1. The molecule has 94 valence electrons. The first-order chi connectivity index (χ1) is 7.99. The lowest BCUT2D eigenvalue weighted by molar-refractivity contribution is -0.116. The van der Waals surface area contributed by atoms with Gasteiger partial charge in [0.2, 0.25) is 5.91 Å². The summed E-state index contributed by atoms with van der Waals surface area (Å²) in [5.41, 5.74) is 0.514. The minimum Gasteiger partial charge on any atom is -0.326 e. The Morgan fingerprint density at radius 2 is 1.88 bits per heavy atom. The standard InChI is InChI=1S/C10H14N2O4S/c1-2-3-10(13)11-8-4-6-9(7-5-8)17(15,16)12-14/h4-7,12,14H,2-3H2,1H3,(H,11,13). The number of nitrogens with one attached hydrogen (secondary N) is 2. The van der Waals surface area contributed by atoms with Crippen molar-refractivity contribution in [3.05, 3.63) is 24.3 Å². The highest BCUT2D eigenvalue weighted by molar-refractivity contribution is 7.89. The number of hydrogen-bond acceptors (Lipinski definition) is 4. The Morgan fingerprint density at radius 1 is 1.29 bits per heavy atom. The van der Waals surface area contributed by atoms with Crippen molar-refractivity contribution >= 4 is 21.6 Å². The van der Waals surface area contributed by atoms with Gasteiger partial charge in [0.1, 0.15) is 0 Å². The molecule has 0 unspecified atom stereocenters. The van der Waals surface area contributed by atoms with Crippen LogP contribution >= 0.6 is 0 Å². The van der Waals surface area contributed by atoms with E-state index >= 15 is 0 Å². The third kappa shape index (κ3) is 3.81. The van der Waals surface area contributed by atoms with Crippen LogP contribution in [-0.2, 0) is 14.8 Å². The minimum atomic E-state index is -3.86. The maximum absolute atomic E-state index is 11.3. The average molecular weight is 258 g/mol. The number of carbonyl (C=O) groups excluding carboxylic acids is 1. The third-order valence-corrected chi connectivity index (χ3v) is 3.18.